The van der Waals surface area contributed by atoms with Gasteiger partial charge in [-0.15, -0.1) is 0 Å². The average Bonchev–Trinajstić information content (AvgIpc) is 2.83. The number of hydrogen-bond donors (Lipinski definition) is 2. The van der Waals surface area contributed by atoms with Gasteiger partial charge in [0.05, 0.1) is 11.3 Å². The maximum atomic E-state index is 13.1. The maximum Gasteiger partial charge on any atom is 0.264 e. The third kappa shape index (κ3) is 6.88. The molecular weight excluding hydrogens is 498 g/mol. The first-order valence-electron chi connectivity index (χ1n) is 12.6. The molecule has 38 heavy (non-hydrogen) atoms. The summed E-state index contributed by atoms with van der Waals surface area (Å²) in [6, 6.07) is 17.6. The monoisotopic (exact) mass is 535 g/mol. The van der Waals surface area contributed by atoms with Gasteiger partial charge in [-0.25, -0.2) is 13.1 Å². The maximum absolute atomic E-state index is 13.1. The zero-order valence-corrected chi connectivity index (χ0v) is 23.7. The Morgan fingerprint density at radius 2 is 1.45 bits per heavy atom. The van der Waals surface area contributed by atoms with Crippen LogP contribution in [-0.2, 0) is 27.8 Å². The second kappa shape index (κ2) is 11.9. The molecule has 0 aromatic heterocycles. The van der Waals surface area contributed by atoms with E-state index in [2.05, 4.69) is 4.72 Å². The predicted octanol–water partition coefficient (Wildman–Crippen LogP) is 4.81. The Morgan fingerprint density at radius 1 is 0.895 bits per heavy atom. The van der Waals surface area contributed by atoms with Gasteiger partial charge in [0.1, 0.15) is 0 Å². The van der Waals surface area contributed by atoms with Crippen LogP contribution in [0, 0.1) is 0 Å². The standard InChI is InChI=1S/C30H37N3O4S/c1-19(2)26-15-22(24-9-7-8-10-25(24)30(31)35)16-27(20(3)4)28(26)17-29(34)32-38(36,37)23-13-11-21(12-14-23)18-33(5)6/h7-16,19-20H,17-18H2,1-6H3,(H2,31,35)(H,32,34). The lowest BCUT2D eigenvalue weighted by Gasteiger charge is -2.22. The number of carbonyl (C=O) groups is 2. The summed E-state index contributed by atoms with van der Waals surface area (Å²) in [5, 5.41) is 0. The van der Waals surface area contributed by atoms with Crippen LogP contribution in [0.5, 0.6) is 0 Å². The molecule has 0 radical (unpaired) electrons. The SMILES string of the molecule is CC(C)c1cc(-c2ccccc2C(N)=O)cc(C(C)C)c1CC(=O)NS(=O)(=O)c1ccc(CN(C)C)cc1. The molecule has 3 N–H and O–H groups in total. The van der Waals surface area contributed by atoms with Gasteiger partial charge >= 0.3 is 0 Å². The zero-order chi connectivity index (χ0) is 28.2. The van der Waals surface area contributed by atoms with Crippen LogP contribution in [0.15, 0.2) is 65.6 Å². The molecule has 0 saturated heterocycles. The summed E-state index contributed by atoms with van der Waals surface area (Å²) < 4.78 is 28.2. The molecule has 0 aliphatic rings. The Bertz CT molecular complexity index is 1400. The number of hydrogen-bond acceptors (Lipinski definition) is 5. The smallest absolute Gasteiger partial charge is 0.264 e. The van der Waals surface area contributed by atoms with E-state index in [0.717, 1.165) is 33.4 Å². The van der Waals surface area contributed by atoms with Gasteiger partial charge in [0.15, 0.2) is 0 Å². The van der Waals surface area contributed by atoms with E-state index in [1.165, 1.54) is 12.1 Å². The molecule has 202 valence electrons. The summed E-state index contributed by atoms with van der Waals surface area (Å²) in [5.74, 6) is -1.01. The van der Waals surface area contributed by atoms with E-state index in [0.29, 0.717) is 12.1 Å². The highest BCUT2D eigenvalue weighted by atomic mass is 32.2. The highest BCUT2D eigenvalue weighted by molar-refractivity contribution is 7.90. The molecule has 0 spiro atoms. The summed E-state index contributed by atoms with van der Waals surface area (Å²) in [7, 11) is -0.151. The normalized spacial score (nSPS) is 11.8. The number of primary amides is 1. The van der Waals surface area contributed by atoms with Crippen LogP contribution < -0.4 is 10.5 Å². The minimum atomic E-state index is -4.02. The molecule has 0 aliphatic carbocycles. The van der Waals surface area contributed by atoms with E-state index < -0.39 is 21.8 Å². The fourth-order valence-corrected chi connectivity index (χ4v) is 5.59. The molecule has 0 bridgehead atoms. The van der Waals surface area contributed by atoms with Crippen molar-refractivity contribution in [3.8, 4) is 11.1 Å². The van der Waals surface area contributed by atoms with Crippen LogP contribution >= 0.6 is 0 Å². The van der Waals surface area contributed by atoms with Crippen molar-refractivity contribution in [1.82, 2.24) is 9.62 Å². The van der Waals surface area contributed by atoms with E-state index >= 15 is 0 Å². The summed E-state index contributed by atoms with van der Waals surface area (Å²) in [5.41, 5.74) is 11.2. The van der Waals surface area contributed by atoms with Crippen molar-refractivity contribution in [2.45, 2.75) is 57.4 Å². The van der Waals surface area contributed by atoms with Crippen molar-refractivity contribution < 1.29 is 18.0 Å². The average molecular weight is 536 g/mol. The number of benzene rings is 3. The van der Waals surface area contributed by atoms with Crippen molar-refractivity contribution in [2.24, 2.45) is 5.73 Å². The third-order valence-electron chi connectivity index (χ3n) is 6.38. The summed E-state index contributed by atoms with van der Waals surface area (Å²) in [4.78, 5) is 27.2. The summed E-state index contributed by atoms with van der Waals surface area (Å²) >= 11 is 0. The first kappa shape index (κ1) is 29.1. The number of nitrogens with one attached hydrogen (secondary N) is 1. The van der Waals surface area contributed by atoms with Gasteiger partial charge in [-0.1, -0.05) is 70.2 Å². The van der Waals surface area contributed by atoms with Crippen molar-refractivity contribution in [1.29, 1.82) is 0 Å². The first-order chi connectivity index (χ1) is 17.8. The fraction of sp³-hybridized carbons (Fsp3) is 0.333. The van der Waals surface area contributed by atoms with Crippen LogP contribution in [0.25, 0.3) is 11.1 Å². The lowest BCUT2D eigenvalue weighted by atomic mass is 9.83. The van der Waals surface area contributed by atoms with Gasteiger partial charge in [-0.05, 0) is 77.5 Å². The van der Waals surface area contributed by atoms with Crippen LogP contribution in [0.3, 0.4) is 0 Å². The number of rotatable bonds is 10. The van der Waals surface area contributed by atoms with Gasteiger partial charge in [-0.3, -0.25) is 9.59 Å². The van der Waals surface area contributed by atoms with E-state index in [1.807, 2.05) is 71.0 Å². The number of nitrogens with two attached hydrogens (primary N) is 1. The predicted molar refractivity (Wildman–Crippen MR) is 151 cm³/mol. The van der Waals surface area contributed by atoms with Crippen LogP contribution in [0.1, 0.15) is 72.1 Å². The van der Waals surface area contributed by atoms with Gasteiger partial charge in [0.2, 0.25) is 11.8 Å². The molecule has 3 rings (SSSR count). The van der Waals surface area contributed by atoms with Crippen molar-refractivity contribution >= 4 is 21.8 Å². The second-order valence-electron chi connectivity index (χ2n) is 10.4. The van der Waals surface area contributed by atoms with Gasteiger partial charge in [0.25, 0.3) is 10.0 Å². The largest absolute Gasteiger partial charge is 0.366 e. The van der Waals surface area contributed by atoms with E-state index in [4.69, 9.17) is 5.73 Å². The molecule has 0 unspecified atom stereocenters. The topological polar surface area (TPSA) is 110 Å². The Balaban J connectivity index is 1.97. The molecule has 0 aliphatic heterocycles. The molecule has 8 heteroatoms. The molecule has 3 aromatic carbocycles. The number of amides is 2. The summed E-state index contributed by atoms with van der Waals surface area (Å²) in [6.45, 7) is 8.78. The zero-order valence-electron chi connectivity index (χ0n) is 22.9. The first-order valence-corrected chi connectivity index (χ1v) is 14.1. The lowest BCUT2D eigenvalue weighted by molar-refractivity contribution is -0.118. The fourth-order valence-electron chi connectivity index (χ4n) is 4.60. The highest BCUT2D eigenvalue weighted by Gasteiger charge is 2.23. The van der Waals surface area contributed by atoms with E-state index in [9.17, 15) is 18.0 Å². The van der Waals surface area contributed by atoms with Crippen LogP contribution in [-0.4, -0.2) is 39.2 Å². The van der Waals surface area contributed by atoms with Crippen LogP contribution in [0.2, 0.25) is 0 Å². The quantitative estimate of drug-likeness (QED) is 0.387. The van der Waals surface area contributed by atoms with Crippen molar-refractivity contribution in [3.05, 3.63) is 88.5 Å². The minimum absolute atomic E-state index is 0.0416. The van der Waals surface area contributed by atoms with Gasteiger partial charge < -0.3 is 10.6 Å². The molecule has 3 aromatic rings. The van der Waals surface area contributed by atoms with Gasteiger partial charge in [-0.2, -0.15) is 0 Å². The third-order valence-corrected chi connectivity index (χ3v) is 7.77. The molecule has 0 fully saturated rings. The van der Waals surface area contributed by atoms with E-state index in [1.54, 1.807) is 24.3 Å². The molecule has 2 amide bonds. The highest BCUT2D eigenvalue weighted by Crippen LogP contribution is 2.35. The second-order valence-corrected chi connectivity index (χ2v) is 12.1. The Labute approximate surface area is 226 Å². The molecule has 0 saturated carbocycles. The Kier molecular flexibility index (Phi) is 9.12. The number of carbonyl (C=O) groups excluding carboxylic acids is 2. The molecule has 0 heterocycles. The van der Waals surface area contributed by atoms with Crippen LogP contribution in [0.4, 0.5) is 0 Å². The lowest BCUT2D eigenvalue weighted by Crippen LogP contribution is -2.32. The Hall–Kier alpha value is -3.49. The molecule has 0 atom stereocenters. The van der Waals surface area contributed by atoms with Crippen molar-refractivity contribution in [3.63, 3.8) is 0 Å². The van der Waals surface area contributed by atoms with Gasteiger partial charge in [0, 0.05) is 12.1 Å². The van der Waals surface area contributed by atoms with E-state index in [-0.39, 0.29) is 23.2 Å². The minimum Gasteiger partial charge on any atom is -0.366 e. The van der Waals surface area contributed by atoms with Crippen molar-refractivity contribution in [2.75, 3.05) is 14.1 Å². The number of nitrogens with zero attached hydrogens (tertiary/aromatic N) is 1. The molecular formula is C30H37N3O4S. The summed E-state index contributed by atoms with van der Waals surface area (Å²) in [6.07, 6.45) is -0.0866. The Morgan fingerprint density at radius 3 is 1.95 bits per heavy atom. The molecule has 7 nitrogen and oxygen atoms in total. The number of sulfonamides is 1.